The lowest BCUT2D eigenvalue weighted by molar-refractivity contribution is 0.410. The predicted octanol–water partition coefficient (Wildman–Crippen LogP) is 5.26. The molecule has 1 unspecified atom stereocenters. The Kier molecular flexibility index (Phi) is 8.57. The SMILES string of the molecule is CC(C)CCCCC(NSC(C)(C)C)C(C)C. The Morgan fingerprint density at radius 3 is 1.88 bits per heavy atom. The van der Waals surface area contributed by atoms with Gasteiger partial charge in [0.1, 0.15) is 0 Å². The average molecular weight is 260 g/mol. The third-order valence-electron chi connectivity index (χ3n) is 2.87. The zero-order chi connectivity index (χ0) is 13.5. The topological polar surface area (TPSA) is 12.0 Å². The molecule has 0 aliphatic rings. The van der Waals surface area contributed by atoms with Crippen LogP contribution in [-0.4, -0.2) is 10.8 Å². The number of nitrogens with one attached hydrogen (secondary N) is 1. The summed E-state index contributed by atoms with van der Waals surface area (Å²) in [5.41, 5.74) is 0. The summed E-state index contributed by atoms with van der Waals surface area (Å²) in [6.07, 6.45) is 5.42. The Bertz CT molecular complexity index is 182. The first-order valence-electron chi connectivity index (χ1n) is 7.16. The van der Waals surface area contributed by atoms with E-state index in [1.54, 1.807) is 0 Å². The number of unbranched alkanes of at least 4 members (excludes halogenated alkanes) is 1. The van der Waals surface area contributed by atoms with E-state index in [-0.39, 0.29) is 0 Å². The summed E-state index contributed by atoms with van der Waals surface area (Å²) in [4.78, 5) is 0. The van der Waals surface area contributed by atoms with Crippen molar-refractivity contribution in [1.82, 2.24) is 4.72 Å². The van der Waals surface area contributed by atoms with Crippen molar-refractivity contribution in [3.8, 4) is 0 Å². The summed E-state index contributed by atoms with van der Waals surface area (Å²) < 4.78 is 3.97. The zero-order valence-electron chi connectivity index (χ0n) is 13.0. The van der Waals surface area contributed by atoms with E-state index < -0.39 is 0 Å². The predicted molar refractivity (Wildman–Crippen MR) is 82.4 cm³/mol. The highest BCUT2D eigenvalue weighted by atomic mass is 32.2. The molecule has 0 amide bonds. The van der Waals surface area contributed by atoms with E-state index in [2.05, 4.69) is 53.2 Å². The molecule has 0 rings (SSSR count). The summed E-state index contributed by atoms with van der Waals surface area (Å²) in [5.74, 6) is 1.58. The van der Waals surface area contributed by atoms with E-state index in [0.29, 0.717) is 10.8 Å². The minimum absolute atomic E-state index is 0.311. The van der Waals surface area contributed by atoms with Crippen LogP contribution in [0.5, 0.6) is 0 Å². The van der Waals surface area contributed by atoms with Crippen molar-refractivity contribution in [2.24, 2.45) is 11.8 Å². The van der Waals surface area contributed by atoms with Crippen LogP contribution < -0.4 is 4.72 Å². The molecule has 0 fully saturated rings. The van der Waals surface area contributed by atoms with Gasteiger partial charge in [0.15, 0.2) is 0 Å². The van der Waals surface area contributed by atoms with Crippen molar-refractivity contribution in [3.63, 3.8) is 0 Å². The molecule has 0 radical (unpaired) electrons. The van der Waals surface area contributed by atoms with Crippen molar-refractivity contribution in [2.75, 3.05) is 0 Å². The maximum absolute atomic E-state index is 3.66. The standard InChI is InChI=1S/C15H33NS/c1-12(2)10-8-9-11-14(13(3)4)16-17-15(5,6)7/h12-14,16H,8-11H2,1-7H3. The normalized spacial score (nSPS) is 14.6. The highest BCUT2D eigenvalue weighted by Gasteiger charge is 2.17. The van der Waals surface area contributed by atoms with Gasteiger partial charge in [-0.3, -0.25) is 4.72 Å². The highest BCUT2D eigenvalue weighted by Crippen LogP contribution is 2.23. The Labute approximate surface area is 114 Å². The molecule has 1 nitrogen and oxygen atoms in total. The van der Waals surface area contributed by atoms with Gasteiger partial charge in [0.25, 0.3) is 0 Å². The van der Waals surface area contributed by atoms with Crippen LogP contribution in [0.2, 0.25) is 0 Å². The zero-order valence-corrected chi connectivity index (χ0v) is 13.8. The van der Waals surface area contributed by atoms with Crippen LogP contribution in [0.1, 0.15) is 74.1 Å². The fourth-order valence-corrected chi connectivity index (χ4v) is 2.59. The fourth-order valence-electron chi connectivity index (χ4n) is 1.70. The lowest BCUT2D eigenvalue weighted by Gasteiger charge is -2.26. The molecule has 0 saturated heterocycles. The van der Waals surface area contributed by atoms with Gasteiger partial charge in [-0.05, 0) is 39.0 Å². The minimum Gasteiger partial charge on any atom is -0.260 e. The molecule has 0 saturated carbocycles. The van der Waals surface area contributed by atoms with Gasteiger partial charge in [-0.1, -0.05) is 58.9 Å². The van der Waals surface area contributed by atoms with Crippen LogP contribution in [0.25, 0.3) is 0 Å². The Balaban J connectivity index is 3.83. The molecule has 0 bridgehead atoms. The lowest BCUT2D eigenvalue weighted by atomic mass is 9.97. The molecular weight excluding hydrogens is 226 g/mol. The van der Waals surface area contributed by atoms with Gasteiger partial charge in [0.05, 0.1) is 0 Å². The molecule has 2 heteroatoms. The molecule has 1 atom stereocenters. The Morgan fingerprint density at radius 1 is 0.941 bits per heavy atom. The molecule has 1 N–H and O–H groups in total. The highest BCUT2D eigenvalue weighted by molar-refractivity contribution is 7.98. The van der Waals surface area contributed by atoms with Gasteiger partial charge in [0, 0.05) is 10.8 Å². The largest absolute Gasteiger partial charge is 0.260 e. The molecule has 0 heterocycles. The van der Waals surface area contributed by atoms with Gasteiger partial charge in [-0.15, -0.1) is 0 Å². The lowest BCUT2D eigenvalue weighted by Crippen LogP contribution is -2.32. The molecule has 0 aromatic rings. The molecule has 0 spiro atoms. The summed E-state index contributed by atoms with van der Waals surface area (Å²) in [7, 11) is 0. The second kappa shape index (κ2) is 8.42. The van der Waals surface area contributed by atoms with Gasteiger partial charge in [-0.25, -0.2) is 0 Å². The van der Waals surface area contributed by atoms with Crippen LogP contribution in [0.3, 0.4) is 0 Å². The van der Waals surface area contributed by atoms with Gasteiger partial charge in [0.2, 0.25) is 0 Å². The van der Waals surface area contributed by atoms with E-state index in [4.69, 9.17) is 0 Å². The summed E-state index contributed by atoms with van der Waals surface area (Å²) in [5, 5.41) is 0. The molecule has 0 aromatic heterocycles. The molecule has 0 aliphatic heterocycles. The van der Waals surface area contributed by atoms with E-state index >= 15 is 0 Å². The maximum Gasteiger partial charge on any atom is 0.0220 e. The molecule has 0 aromatic carbocycles. The summed E-state index contributed by atoms with van der Waals surface area (Å²) in [6.45, 7) is 16.1. The van der Waals surface area contributed by atoms with Crippen molar-refractivity contribution in [2.45, 2.75) is 84.9 Å². The monoisotopic (exact) mass is 259 g/mol. The van der Waals surface area contributed by atoms with Crippen LogP contribution in [0.4, 0.5) is 0 Å². The van der Waals surface area contributed by atoms with Gasteiger partial charge < -0.3 is 0 Å². The first-order valence-corrected chi connectivity index (χ1v) is 7.97. The van der Waals surface area contributed by atoms with Crippen molar-refractivity contribution in [3.05, 3.63) is 0 Å². The first kappa shape index (κ1) is 17.3. The van der Waals surface area contributed by atoms with E-state index in [1.165, 1.54) is 25.7 Å². The molecule has 104 valence electrons. The van der Waals surface area contributed by atoms with Gasteiger partial charge in [-0.2, -0.15) is 0 Å². The van der Waals surface area contributed by atoms with Crippen LogP contribution in [-0.2, 0) is 0 Å². The Morgan fingerprint density at radius 2 is 1.47 bits per heavy atom. The Hall–Kier alpha value is 0.310. The summed E-state index contributed by atoms with van der Waals surface area (Å²) in [6, 6.07) is 0.659. The third kappa shape index (κ3) is 11.1. The molecule has 17 heavy (non-hydrogen) atoms. The molecule has 0 aliphatic carbocycles. The summed E-state index contributed by atoms with van der Waals surface area (Å²) >= 11 is 1.88. The number of hydrogen-bond donors (Lipinski definition) is 1. The molecular formula is C15H33NS. The maximum atomic E-state index is 3.66. The second-order valence-electron chi connectivity index (χ2n) is 6.86. The van der Waals surface area contributed by atoms with Crippen molar-refractivity contribution in [1.29, 1.82) is 0 Å². The first-order chi connectivity index (χ1) is 7.72. The van der Waals surface area contributed by atoms with Crippen molar-refractivity contribution >= 4 is 11.9 Å². The fraction of sp³-hybridized carbons (Fsp3) is 1.00. The minimum atomic E-state index is 0.311. The van der Waals surface area contributed by atoms with Gasteiger partial charge >= 0.3 is 0 Å². The smallest absolute Gasteiger partial charge is 0.0220 e. The number of hydrogen-bond acceptors (Lipinski definition) is 2. The van der Waals surface area contributed by atoms with E-state index in [1.807, 2.05) is 11.9 Å². The second-order valence-corrected chi connectivity index (χ2v) is 8.53. The quantitative estimate of drug-likeness (QED) is 0.471. The van der Waals surface area contributed by atoms with E-state index in [0.717, 1.165) is 11.8 Å². The van der Waals surface area contributed by atoms with Crippen LogP contribution in [0, 0.1) is 11.8 Å². The van der Waals surface area contributed by atoms with Crippen LogP contribution in [0.15, 0.2) is 0 Å². The third-order valence-corrected chi connectivity index (χ3v) is 3.90. The number of rotatable bonds is 8. The van der Waals surface area contributed by atoms with Crippen molar-refractivity contribution < 1.29 is 0 Å². The average Bonchev–Trinajstić information content (AvgIpc) is 2.13. The van der Waals surface area contributed by atoms with Crippen LogP contribution >= 0.6 is 11.9 Å². The van der Waals surface area contributed by atoms with E-state index in [9.17, 15) is 0 Å².